The number of amides is 1. The summed E-state index contributed by atoms with van der Waals surface area (Å²) in [6.07, 6.45) is 3.23. The van der Waals surface area contributed by atoms with Crippen LogP contribution in [0.2, 0.25) is 0 Å². The molecule has 1 aliphatic rings. The number of nitrogens with two attached hydrogens (primary N) is 2. The second kappa shape index (κ2) is 11.5. The Kier molecular flexibility index (Phi) is 8.45. The number of nitrogens with zero attached hydrogens (tertiary/aromatic N) is 2. The van der Waals surface area contributed by atoms with Gasteiger partial charge >= 0.3 is 11.9 Å². The van der Waals surface area contributed by atoms with Crippen molar-refractivity contribution in [1.82, 2.24) is 15.3 Å². The number of carboxylic acids is 2. The van der Waals surface area contributed by atoms with E-state index < -0.39 is 23.9 Å². The third-order valence-electron chi connectivity index (χ3n) is 6.22. The highest BCUT2D eigenvalue weighted by Crippen LogP contribution is 2.39. The maximum Gasteiger partial charge on any atom is 0.326 e. The smallest absolute Gasteiger partial charge is 0.326 e. The van der Waals surface area contributed by atoms with Crippen LogP contribution in [0.3, 0.4) is 0 Å². The third-order valence-corrected chi connectivity index (χ3v) is 6.22. The number of aliphatic carboxylic acids is 2. The van der Waals surface area contributed by atoms with Gasteiger partial charge in [-0.25, -0.2) is 4.79 Å². The minimum atomic E-state index is -1.27. The van der Waals surface area contributed by atoms with Gasteiger partial charge in [-0.2, -0.15) is 9.97 Å². The summed E-state index contributed by atoms with van der Waals surface area (Å²) >= 11 is 0. The minimum absolute atomic E-state index is 0.153. The van der Waals surface area contributed by atoms with Crippen molar-refractivity contribution in [3.63, 3.8) is 0 Å². The van der Waals surface area contributed by atoms with Gasteiger partial charge in [-0.1, -0.05) is 31.9 Å². The maximum atomic E-state index is 12.5. The summed E-state index contributed by atoms with van der Waals surface area (Å²) in [5, 5.41) is 23.7. The van der Waals surface area contributed by atoms with E-state index in [0.717, 1.165) is 43.4 Å². The van der Waals surface area contributed by atoms with Crippen molar-refractivity contribution in [2.45, 2.75) is 57.4 Å². The Morgan fingerprint density at radius 2 is 1.86 bits per heavy atom. The first-order chi connectivity index (χ1) is 16.7. The van der Waals surface area contributed by atoms with Gasteiger partial charge in [0.05, 0.1) is 0 Å². The molecule has 2 unspecified atom stereocenters. The fraction of sp³-hybridized carbons (Fsp3) is 0.458. The summed E-state index contributed by atoms with van der Waals surface area (Å²) < 4.78 is 0. The average molecular weight is 485 g/mol. The van der Waals surface area contributed by atoms with Crippen molar-refractivity contribution in [1.29, 1.82) is 0 Å². The van der Waals surface area contributed by atoms with Gasteiger partial charge in [0, 0.05) is 30.0 Å². The number of hydrogen-bond acceptors (Lipinski definition) is 8. The molecule has 0 bridgehead atoms. The molecule has 0 spiro atoms. The van der Waals surface area contributed by atoms with Crippen molar-refractivity contribution >= 4 is 35.4 Å². The second-order valence-corrected chi connectivity index (χ2v) is 8.90. The standard InChI is InChI=1S/C24H32N6O5/c1-2-3-14(11-16-12-27-21-19(16)20(25)29-24(26)30-21)10-13-4-6-15(7-5-13)22(33)28-17(23(34)35)8-9-18(31)32/h4-7,14,16-17H,2-3,8-12H2,1H3,(H,28,33)(H,31,32)(H,34,35)(H5,25,26,27,29,30)/t14?,16?,17-/m0/s1. The van der Waals surface area contributed by atoms with Crippen LogP contribution >= 0.6 is 0 Å². The van der Waals surface area contributed by atoms with Crippen LogP contribution in [-0.2, 0) is 16.0 Å². The van der Waals surface area contributed by atoms with Crippen molar-refractivity contribution in [3.8, 4) is 0 Å². The monoisotopic (exact) mass is 484 g/mol. The van der Waals surface area contributed by atoms with Gasteiger partial charge in [-0.3, -0.25) is 9.59 Å². The number of hydrogen-bond donors (Lipinski definition) is 6. The Hall–Kier alpha value is -3.89. The molecule has 2 heterocycles. The molecule has 0 aliphatic carbocycles. The van der Waals surface area contributed by atoms with Crippen LogP contribution in [0.1, 0.15) is 66.4 Å². The molecule has 1 aromatic heterocycles. The van der Waals surface area contributed by atoms with Crippen LogP contribution in [0.4, 0.5) is 17.6 Å². The number of carbonyl (C=O) groups excluding carboxylic acids is 1. The molecule has 11 heteroatoms. The van der Waals surface area contributed by atoms with Crippen LogP contribution in [0, 0.1) is 5.92 Å². The topological polar surface area (TPSA) is 194 Å². The summed E-state index contributed by atoms with van der Waals surface area (Å²) in [5.41, 5.74) is 14.1. The molecular weight excluding hydrogens is 452 g/mol. The van der Waals surface area contributed by atoms with Crippen LogP contribution in [0.25, 0.3) is 0 Å². The fourth-order valence-electron chi connectivity index (χ4n) is 4.57. The molecule has 2 aromatic rings. The molecule has 3 atom stereocenters. The number of nitrogens with one attached hydrogen (secondary N) is 2. The first kappa shape index (κ1) is 25.7. The summed E-state index contributed by atoms with van der Waals surface area (Å²) in [5.74, 6) is -1.11. The molecule has 11 nitrogen and oxygen atoms in total. The van der Waals surface area contributed by atoms with Gasteiger partial charge in [0.15, 0.2) is 0 Å². The highest BCUT2D eigenvalue weighted by Gasteiger charge is 2.29. The molecule has 1 aromatic carbocycles. The molecular formula is C24H32N6O5. The second-order valence-electron chi connectivity index (χ2n) is 8.90. The minimum Gasteiger partial charge on any atom is -0.481 e. The van der Waals surface area contributed by atoms with E-state index in [2.05, 4.69) is 27.5 Å². The number of rotatable bonds is 12. The lowest BCUT2D eigenvalue weighted by Gasteiger charge is -2.21. The quantitative estimate of drug-likeness (QED) is 0.260. The molecule has 0 saturated heterocycles. The third kappa shape index (κ3) is 6.81. The summed E-state index contributed by atoms with van der Waals surface area (Å²) in [4.78, 5) is 42.9. The predicted octanol–water partition coefficient (Wildman–Crippen LogP) is 2.25. The van der Waals surface area contributed by atoms with E-state index in [4.69, 9.17) is 16.6 Å². The first-order valence-electron chi connectivity index (χ1n) is 11.7. The van der Waals surface area contributed by atoms with E-state index in [1.165, 1.54) is 0 Å². The van der Waals surface area contributed by atoms with Crippen LogP contribution < -0.4 is 22.1 Å². The number of fused-ring (bicyclic) bond motifs is 1. The largest absolute Gasteiger partial charge is 0.481 e. The summed E-state index contributed by atoms with van der Waals surface area (Å²) in [7, 11) is 0. The Balaban J connectivity index is 1.64. The molecule has 35 heavy (non-hydrogen) atoms. The lowest BCUT2D eigenvalue weighted by atomic mass is 9.84. The van der Waals surface area contributed by atoms with Gasteiger partial charge in [0.2, 0.25) is 5.95 Å². The molecule has 3 rings (SSSR count). The zero-order valence-electron chi connectivity index (χ0n) is 19.7. The molecule has 8 N–H and O–H groups in total. The van der Waals surface area contributed by atoms with E-state index in [-0.39, 0.29) is 24.7 Å². The number of carboxylic acid groups (broad SMARTS) is 2. The van der Waals surface area contributed by atoms with Crippen LogP contribution in [0.5, 0.6) is 0 Å². The molecule has 0 radical (unpaired) electrons. The van der Waals surface area contributed by atoms with E-state index in [0.29, 0.717) is 23.1 Å². The van der Waals surface area contributed by atoms with Crippen molar-refractivity contribution in [2.75, 3.05) is 23.3 Å². The zero-order valence-corrected chi connectivity index (χ0v) is 19.7. The van der Waals surface area contributed by atoms with Crippen molar-refractivity contribution in [2.24, 2.45) is 5.92 Å². The number of benzene rings is 1. The van der Waals surface area contributed by atoms with Crippen molar-refractivity contribution in [3.05, 3.63) is 41.0 Å². The van der Waals surface area contributed by atoms with E-state index in [9.17, 15) is 19.5 Å². The van der Waals surface area contributed by atoms with E-state index >= 15 is 0 Å². The first-order valence-corrected chi connectivity index (χ1v) is 11.7. The number of carbonyl (C=O) groups is 3. The van der Waals surface area contributed by atoms with E-state index in [1.807, 2.05) is 12.1 Å². The highest BCUT2D eigenvalue weighted by molar-refractivity contribution is 5.96. The Morgan fingerprint density at radius 1 is 1.14 bits per heavy atom. The van der Waals surface area contributed by atoms with Crippen molar-refractivity contribution < 1.29 is 24.6 Å². The number of anilines is 3. The molecule has 0 fully saturated rings. The molecule has 188 valence electrons. The van der Waals surface area contributed by atoms with Crippen LogP contribution in [0.15, 0.2) is 24.3 Å². The Morgan fingerprint density at radius 3 is 2.49 bits per heavy atom. The lowest BCUT2D eigenvalue weighted by molar-refractivity contribution is -0.140. The van der Waals surface area contributed by atoms with E-state index in [1.54, 1.807) is 12.1 Å². The Bertz CT molecular complexity index is 1070. The SMILES string of the molecule is CCCC(Cc1ccc(C(=O)N[C@@H](CCC(=O)O)C(=O)O)cc1)CC1CNc2nc(N)nc(N)c21. The fourth-order valence-corrected chi connectivity index (χ4v) is 4.57. The molecule has 1 amide bonds. The maximum absolute atomic E-state index is 12.5. The highest BCUT2D eigenvalue weighted by atomic mass is 16.4. The molecule has 1 aliphatic heterocycles. The number of nitrogen functional groups attached to an aromatic ring is 2. The molecule has 0 saturated carbocycles. The number of aromatic nitrogens is 2. The van der Waals surface area contributed by atoms with Gasteiger partial charge in [0.1, 0.15) is 17.7 Å². The van der Waals surface area contributed by atoms with Gasteiger partial charge in [0.25, 0.3) is 5.91 Å². The van der Waals surface area contributed by atoms with Gasteiger partial charge < -0.3 is 32.3 Å². The normalized spacial score (nSPS) is 16.1. The Labute approximate surface area is 203 Å². The predicted molar refractivity (Wildman–Crippen MR) is 131 cm³/mol. The summed E-state index contributed by atoms with van der Waals surface area (Å²) in [6, 6.07) is 5.78. The average Bonchev–Trinajstić information content (AvgIpc) is 3.19. The summed E-state index contributed by atoms with van der Waals surface area (Å²) in [6.45, 7) is 2.87. The van der Waals surface area contributed by atoms with Gasteiger partial charge in [-0.05, 0) is 42.9 Å². The van der Waals surface area contributed by atoms with Gasteiger partial charge in [-0.15, -0.1) is 0 Å². The van der Waals surface area contributed by atoms with Crippen LogP contribution in [-0.4, -0.2) is 50.6 Å². The zero-order chi connectivity index (χ0) is 25.5. The lowest BCUT2D eigenvalue weighted by Crippen LogP contribution is -2.41.